The quantitative estimate of drug-likeness (QED) is 0.648. The average Bonchev–Trinajstić information content (AvgIpc) is 2.91. The molecular formula is C12H12ClN3O4S. The van der Waals surface area contributed by atoms with Gasteiger partial charge in [0, 0.05) is 31.5 Å². The first-order valence-electron chi connectivity index (χ1n) is 5.94. The van der Waals surface area contributed by atoms with Crippen LogP contribution in [-0.4, -0.2) is 24.5 Å². The maximum Gasteiger partial charge on any atom is 0.289 e. The van der Waals surface area contributed by atoms with Gasteiger partial charge in [0.15, 0.2) is 0 Å². The van der Waals surface area contributed by atoms with Crippen LogP contribution in [0.25, 0.3) is 0 Å². The van der Waals surface area contributed by atoms with E-state index in [4.69, 9.17) is 11.6 Å². The van der Waals surface area contributed by atoms with Crippen LogP contribution in [-0.2, 0) is 16.6 Å². The second-order valence-electron chi connectivity index (χ2n) is 4.19. The number of sulfonamides is 1. The van der Waals surface area contributed by atoms with E-state index in [1.54, 1.807) is 12.4 Å². The summed E-state index contributed by atoms with van der Waals surface area (Å²) in [6.07, 6.45) is 3.61. The molecule has 0 saturated heterocycles. The van der Waals surface area contributed by atoms with Crippen molar-refractivity contribution < 1.29 is 13.3 Å². The van der Waals surface area contributed by atoms with E-state index in [1.807, 2.05) is 16.7 Å². The van der Waals surface area contributed by atoms with Gasteiger partial charge in [0.2, 0.25) is 10.0 Å². The molecule has 112 valence electrons. The van der Waals surface area contributed by atoms with Gasteiger partial charge in [-0.1, -0.05) is 11.6 Å². The molecule has 0 radical (unpaired) electrons. The monoisotopic (exact) mass is 329 g/mol. The Morgan fingerprint density at radius 3 is 2.57 bits per heavy atom. The number of hydrogen-bond acceptors (Lipinski definition) is 4. The van der Waals surface area contributed by atoms with Crippen LogP contribution in [0.3, 0.4) is 0 Å². The van der Waals surface area contributed by atoms with E-state index in [0.717, 1.165) is 6.07 Å². The molecule has 0 atom stereocenters. The molecule has 1 N–H and O–H groups in total. The van der Waals surface area contributed by atoms with Gasteiger partial charge < -0.3 is 4.57 Å². The van der Waals surface area contributed by atoms with E-state index >= 15 is 0 Å². The second kappa shape index (κ2) is 6.25. The highest BCUT2D eigenvalue weighted by Gasteiger charge is 2.20. The van der Waals surface area contributed by atoms with Gasteiger partial charge >= 0.3 is 0 Å². The van der Waals surface area contributed by atoms with Gasteiger partial charge in [0.05, 0.1) is 9.82 Å². The number of benzene rings is 1. The number of halogens is 1. The Morgan fingerprint density at radius 2 is 1.95 bits per heavy atom. The molecule has 1 aromatic heterocycles. The molecule has 0 spiro atoms. The van der Waals surface area contributed by atoms with E-state index in [-0.39, 0.29) is 16.5 Å². The summed E-state index contributed by atoms with van der Waals surface area (Å²) < 4.78 is 28.3. The number of nitro groups is 1. The predicted octanol–water partition coefficient (Wildman–Crippen LogP) is 2.03. The summed E-state index contributed by atoms with van der Waals surface area (Å²) in [6.45, 7) is 0.634. The van der Waals surface area contributed by atoms with Crippen molar-refractivity contribution in [3.8, 4) is 0 Å². The lowest BCUT2D eigenvalue weighted by Gasteiger charge is -2.07. The van der Waals surface area contributed by atoms with Crippen molar-refractivity contribution >= 4 is 27.3 Å². The fourth-order valence-electron chi connectivity index (χ4n) is 1.71. The molecule has 0 aliphatic heterocycles. The second-order valence-corrected chi connectivity index (χ2v) is 6.36. The van der Waals surface area contributed by atoms with Gasteiger partial charge in [-0.3, -0.25) is 10.1 Å². The van der Waals surface area contributed by atoms with Crippen LogP contribution in [0.5, 0.6) is 0 Å². The van der Waals surface area contributed by atoms with Crippen molar-refractivity contribution in [3.05, 3.63) is 57.9 Å². The first-order chi connectivity index (χ1) is 9.90. The van der Waals surface area contributed by atoms with Gasteiger partial charge in [0.1, 0.15) is 5.02 Å². The fraction of sp³-hybridized carbons (Fsp3) is 0.167. The minimum atomic E-state index is -3.81. The standard InChI is InChI=1S/C12H12ClN3O4S/c13-11-4-3-10(9-12(11)16(17)18)21(19,20)14-5-8-15-6-1-2-7-15/h1-4,6-7,9,14H,5,8H2. The Balaban J connectivity index is 2.12. The number of nitrogens with one attached hydrogen (secondary N) is 1. The van der Waals surface area contributed by atoms with Crippen molar-refractivity contribution in [1.29, 1.82) is 0 Å². The van der Waals surface area contributed by atoms with Crippen molar-refractivity contribution in [2.45, 2.75) is 11.4 Å². The van der Waals surface area contributed by atoms with E-state index < -0.39 is 20.6 Å². The Kier molecular flexibility index (Phi) is 4.61. The molecule has 0 unspecified atom stereocenters. The molecule has 2 rings (SSSR count). The maximum atomic E-state index is 12.1. The predicted molar refractivity (Wildman–Crippen MR) is 77.7 cm³/mol. The lowest BCUT2D eigenvalue weighted by Crippen LogP contribution is -2.27. The molecule has 0 amide bonds. The molecule has 1 aromatic carbocycles. The highest BCUT2D eigenvalue weighted by Crippen LogP contribution is 2.26. The van der Waals surface area contributed by atoms with E-state index in [1.165, 1.54) is 12.1 Å². The molecule has 21 heavy (non-hydrogen) atoms. The topological polar surface area (TPSA) is 94.2 Å². The summed E-state index contributed by atoms with van der Waals surface area (Å²) in [4.78, 5) is 9.86. The zero-order valence-corrected chi connectivity index (χ0v) is 12.3. The SMILES string of the molecule is O=[N+]([O-])c1cc(S(=O)(=O)NCCn2cccc2)ccc1Cl. The molecule has 0 saturated carbocycles. The van der Waals surface area contributed by atoms with Gasteiger partial charge in [-0.25, -0.2) is 13.1 Å². The maximum absolute atomic E-state index is 12.1. The summed E-state index contributed by atoms with van der Waals surface area (Å²) in [5.41, 5.74) is -0.440. The van der Waals surface area contributed by atoms with Gasteiger partial charge in [-0.2, -0.15) is 0 Å². The molecular weight excluding hydrogens is 318 g/mol. The highest BCUT2D eigenvalue weighted by atomic mass is 35.5. The number of aromatic nitrogens is 1. The summed E-state index contributed by atoms with van der Waals surface area (Å²) in [5, 5.41) is 10.7. The summed E-state index contributed by atoms with van der Waals surface area (Å²) >= 11 is 5.65. The Morgan fingerprint density at radius 1 is 1.29 bits per heavy atom. The molecule has 0 aliphatic rings. The lowest BCUT2D eigenvalue weighted by molar-refractivity contribution is -0.384. The summed E-state index contributed by atoms with van der Waals surface area (Å²) in [5.74, 6) is 0. The van der Waals surface area contributed by atoms with Gasteiger partial charge in [0.25, 0.3) is 5.69 Å². The van der Waals surface area contributed by atoms with E-state index in [0.29, 0.717) is 6.54 Å². The van der Waals surface area contributed by atoms with Crippen LogP contribution in [0.1, 0.15) is 0 Å². The van der Waals surface area contributed by atoms with Crippen molar-refractivity contribution in [1.82, 2.24) is 9.29 Å². The molecule has 0 fully saturated rings. The van der Waals surface area contributed by atoms with E-state index in [2.05, 4.69) is 4.72 Å². The average molecular weight is 330 g/mol. The zero-order valence-electron chi connectivity index (χ0n) is 10.8. The Labute approximate surface area is 126 Å². The molecule has 7 nitrogen and oxygen atoms in total. The number of rotatable bonds is 6. The van der Waals surface area contributed by atoms with E-state index in [9.17, 15) is 18.5 Å². The number of nitrogens with zero attached hydrogens (tertiary/aromatic N) is 2. The van der Waals surface area contributed by atoms with Crippen LogP contribution >= 0.6 is 11.6 Å². The Hall–Kier alpha value is -1.90. The lowest BCUT2D eigenvalue weighted by atomic mass is 10.3. The molecule has 0 bridgehead atoms. The third-order valence-electron chi connectivity index (χ3n) is 2.75. The molecule has 2 aromatic rings. The third-order valence-corrected chi connectivity index (χ3v) is 4.53. The highest BCUT2D eigenvalue weighted by molar-refractivity contribution is 7.89. The molecule has 9 heteroatoms. The minimum Gasteiger partial charge on any atom is -0.353 e. The Bertz CT molecular complexity index is 744. The third kappa shape index (κ3) is 3.81. The first-order valence-corrected chi connectivity index (χ1v) is 7.80. The molecule has 0 aliphatic carbocycles. The van der Waals surface area contributed by atoms with Crippen LogP contribution < -0.4 is 4.72 Å². The van der Waals surface area contributed by atoms with Crippen molar-refractivity contribution in [2.75, 3.05) is 6.54 Å². The van der Waals surface area contributed by atoms with Crippen LogP contribution in [0.4, 0.5) is 5.69 Å². The smallest absolute Gasteiger partial charge is 0.289 e. The van der Waals surface area contributed by atoms with Gasteiger partial charge in [-0.05, 0) is 24.3 Å². The first kappa shape index (κ1) is 15.5. The zero-order chi connectivity index (χ0) is 15.5. The summed E-state index contributed by atoms with van der Waals surface area (Å²) in [7, 11) is -3.81. The van der Waals surface area contributed by atoms with Crippen molar-refractivity contribution in [3.63, 3.8) is 0 Å². The van der Waals surface area contributed by atoms with Crippen LogP contribution in [0, 0.1) is 10.1 Å². The fourth-order valence-corrected chi connectivity index (χ4v) is 2.94. The number of hydrogen-bond donors (Lipinski definition) is 1. The normalized spacial score (nSPS) is 11.5. The van der Waals surface area contributed by atoms with Crippen molar-refractivity contribution in [2.24, 2.45) is 0 Å². The van der Waals surface area contributed by atoms with Crippen LogP contribution in [0.15, 0.2) is 47.6 Å². The van der Waals surface area contributed by atoms with Gasteiger partial charge in [-0.15, -0.1) is 0 Å². The number of nitro benzene ring substituents is 1. The summed E-state index contributed by atoms with van der Waals surface area (Å²) in [6, 6.07) is 7.03. The molecule has 1 heterocycles. The minimum absolute atomic E-state index is 0.105. The largest absolute Gasteiger partial charge is 0.353 e. The van der Waals surface area contributed by atoms with Crippen LogP contribution in [0.2, 0.25) is 5.02 Å².